The first-order valence-electron chi connectivity index (χ1n) is 5.14. The Balaban J connectivity index is 2.26. The van der Waals surface area contributed by atoms with Crippen LogP contribution in [0.25, 0.3) is 0 Å². The molecule has 5 heteroatoms. The number of nitrogens with one attached hydrogen (secondary N) is 1. The van der Waals surface area contributed by atoms with Crippen LogP contribution in [-0.2, 0) is 6.54 Å². The molecule has 0 spiro atoms. The molecule has 1 aliphatic rings. The average molecular weight is 319 g/mol. The normalized spacial score (nSPS) is 20.8. The van der Waals surface area contributed by atoms with Crippen molar-refractivity contribution in [2.45, 2.75) is 32.4 Å². The summed E-state index contributed by atoms with van der Waals surface area (Å²) in [5, 5.41) is 3.39. The highest BCUT2D eigenvalue weighted by molar-refractivity contribution is 14.1. The monoisotopic (exact) mass is 319 g/mol. The van der Waals surface area contributed by atoms with E-state index < -0.39 is 0 Å². The Morgan fingerprint density at radius 2 is 2.53 bits per heavy atom. The first kappa shape index (κ1) is 11.1. The van der Waals surface area contributed by atoms with E-state index in [1.165, 1.54) is 6.42 Å². The standard InChI is InChI=1S/C10H14IN3O/c1-7-13-5-9(11)10(15)14(7)6-8-3-2-4-12-8/h5,8,12H,2-4,6H2,1H3/t8-/m0/s1. The SMILES string of the molecule is Cc1ncc(I)c(=O)n1C[C@@H]1CCCN1. The Morgan fingerprint density at radius 1 is 1.73 bits per heavy atom. The number of aryl methyl sites for hydroxylation is 1. The van der Waals surface area contributed by atoms with Crippen LogP contribution in [0.5, 0.6) is 0 Å². The van der Waals surface area contributed by atoms with E-state index in [2.05, 4.69) is 10.3 Å². The van der Waals surface area contributed by atoms with Gasteiger partial charge in [-0.15, -0.1) is 0 Å². The van der Waals surface area contributed by atoms with E-state index in [1.54, 1.807) is 10.8 Å². The van der Waals surface area contributed by atoms with Crippen LogP contribution in [0.4, 0.5) is 0 Å². The van der Waals surface area contributed by atoms with Crippen molar-refractivity contribution in [2.24, 2.45) is 0 Å². The van der Waals surface area contributed by atoms with Crippen LogP contribution in [0.1, 0.15) is 18.7 Å². The van der Waals surface area contributed by atoms with Crippen LogP contribution in [0, 0.1) is 10.5 Å². The molecule has 0 saturated carbocycles. The van der Waals surface area contributed by atoms with Crippen molar-refractivity contribution < 1.29 is 0 Å². The summed E-state index contributed by atoms with van der Waals surface area (Å²) in [7, 11) is 0. The molecule has 1 saturated heterocycles. The minimum atomic E-state index is 0.0804. The van der Waals surface area contributed by atoms with E-state index in [1.807, 2.05) is 29.5 Å². The number of hydrogen-bond donors (Lipinski definition) is 1. The minimum absolute atomic E-state index is 0.0804. The molecule has 1 aromatic heterocycles. The second-order valence-corrected chi connectivity index (χ2v) is 5.02. The molecule has 1 aliphatic heterocycles. The lowest BCUT2D eigenvalue weighted by molar-refractivity contribution is 0.484. The predicted molar refractivity (Wildman–Crippen MR) is 67.0 cm³/mol. The Labute approximate surface area is 102 Å². The molecule has 82 valence electrons. The van der Waals surface area contributed by atoms with Gasteiger partial charge in [0.15, 0.2) is 0 Å². The van der Waals surface area contributed by atoms with Gasteiger partial charge >= 0.3 is 0 Å². The molecule has 0 radical (unpaired) electrons. The third-order valence-electron chi connectivity index (χ3n) is 2.77. The molecule has 0 unspecified atom stereocenters. The van der Waals surface area contributed by atoms with Gasteiger partial charge < -0.3 is 5.32 Å². The summed E-state index contributed by atoms with van der Waals surface area (Å²) in [6.45, 7) is 3.69. The molecule has 1 aromatic rings. The summed E-state index contributed by atoms with van der Waals surface area (Å²) < 4.78 is 2.46. The van der Waals surface area contributed by atoms with Gasteiger partial charge in [0.05, 0.1) is 3.57 Å². The van der Waals surface area contributed by atoms with Gasteiger partial charge in [0.25, 0.3) is 5.56 Å². The van der Waals surface area contributed by atoms with Crippen molar-refractivity contribution in [2.75, 3.05) is 6.54 Å². The molecule has 4 nitrogen and oxygen atoms in total. The molecular formula is C10H14IN3O. The highest BCUT2D eigenvalue weighted by Gasteiger charge is 2.16. The molecule has 15 heavy (non-hydrogen) atoms. The number of hydrogen-bond acceptors (Lipinski definition) is 3. The zero-order valence-corrected chi connectivity index (χ0v) is 10.8. The van der Waals surface area contributed by atoms with Crippen LogP contribution < -0.4 is 10.9 Å². The maximum atomic E-state index is 11.9. The molecule has 2 heterocycles. The molecule has 0 bridgehead atoms. The lowest BCUT2D eigenvalue weighted by atomic mass is 10.2. The molecule has 0 aromatic carbocycles. The summed E-state index contributed by atoms with van der Waals surface area (Å²) in [5.74, 6) is 0.800. The quantitative estimate of drug-likeness (QED) is 0.824. The van der Waals surface area contributed by atoms with Crippen LogP contribution in [0.2, 0.25) is 0 Å². The Morgan fingerprint density at radius 3 is 3.20 bits per heavy atom. The molecular weight excluding hydrogens is 305 g/mol. The lowest BCUT2D eigenvalue weighted by Crippen LogP contribution is -2.34. The van der Waals surface area contributed by atoms with Gasteiger partial charge in [-0.2, -0.15) is 0 Å². The van der Waals surface area contributed by atoms with Gasteiger partial charge in [0, 0.05) is 18.8 Å². The van der Waals surface area contributed by atoms with E-state index in [-0.39, 0.29) is 5.56 Å². The van der Waals surface area contributed by atoms with Crippen LogP contribution in [0.3, 0.4) is 0 Å². The van der Waals surface area contributed by atoms with E-state index in [4.69, 9.17) is 0 Å². The number of rotatable bonds is 2. The summed E-state index contributed by atoms with van der Waals surface area (Å²) in [4.78, 5) is 16.1. The van der Waals surface area contributed by atoms with Gasteiger partial charge in [-0.1, -0.05) is 0 Å². The highest BCUT2D eigenvalue weighted by Crippen LogP contribution is 2.07. The van der Waals surface area contributed by atoms with E-state index >= 15 is 0 Å². The smallest absolute Gasteiger partial charge is 0.266 e. The maximum absolute atomic E-state index is 11.9. The Hall–Kier alpha value is -0.430. The van der Waals surface area contributed by atoms with Gasteiger partial charge in [-0.3, -0.25) is 9.36 Å². The second kappa shape index (κ2) is 4.61. The van der Waals surface area contributed by atoms with Crippen molar-refractivity contribution in [3.8, 4) is 0 Å². The summed E-state index contributed by atoms with van der Waals surface area (Å²) >= 11 is 2.04. The molecule has 0 aliphatic carbocycles. The summed E-state index contributed by atoms with van der Waals surface area (Å²) in [5.41, 5.74) is 0.0804. The van der Waals surface area contributed by atoms with E-state index in [0.717, 1.165) is 25.3 Å². The van der Waals surface area contributed by atoms with Crippen molar-refractivity contribution >= 4 is 22.6 Å². The fourth-order valence-electron chi connectivity index (χ4n) is 1.90. The lowest BCUT2D eigenvalue weighted by Gasteiger charge is -2.14. The number of halogens is 1. The second-order valence-electron chi connectivity index (χ2n) is 3.86. The topological polar surface area (TPSA) is 46.9 Å². The van der Waals surface area contributed by atoms with Gasteiger partial charge in [-0.05, 0) is 48.9 Å². The van der Waals surface area contributed by atoms with Crippen LogP contribution >= 0.6 is 22.6 Å². The third-order valence-corrected chi connectivity index (χ3v) is 3.51. The van der Waals surface area contributed by atoms with Crippen LogP contribution in [-0.4, -0.2) is 22.1 Å². The van der Waals surface area contributed by atoms with Gasteiger partial charge in [-0.25, -0.2) is 4.98 Å². The fraction of sp³-hybridized carbons (Fsp3) is 0.600. The Bertz CT molecular complexity index is 410. The summed E-state index contributed by atoms with van der Waals surface area (Å²) in [6.07, 6.45) is 3.99. The zero-order valence-electron chi connectivity index (χ0n) is 8.66. The van der Waals surface area contributed by atoms with Crippen molar-refractivity contribution in [1.82, 2.24) is 14.9 Å². The average Bonchev–Trinajstić information content (AvgIpc) is 2.71. The van der Waals surface area contributed by atoms with E-state index in [9.17, 15) is 4.79 Å². The molecule has 1 fully saturated rings. The maximum Gasteiger partial charge on any atom is 0.266 e. The van der Waals surface area contributed by atoms with Crippen molar-refractivity contribution in [3.63, 3.8) is 0 Å². The highest BCUT2D eigenvalue weighted by atomic mass is 127. The molecule has 0 amide bonds. The number of nitrogens with zero attached hydrogens (tertiary/aromatic N) is 2. The first-order chi connectivity index (χ1) is 7.18. The van der Waals surface area contributed by atoms with Gasteiger partial charge in [0.2, 0.25) is 0 Å². The Kier molecular flexibility index (Phi) is 3.40. The zero-order chi connectivity index (χ0) is 10.8. The van der Waals surface area contributed by atoms with Crippen molar-refractivity contribution in [1.29, 1.82) is 0 Å². The molecule has 1 N–H and O–H groups in total. The predicted octanol–water partition coefficient (Wildman–Crippen LogP) is 0.908. The third kappa shape index (κ3) is 2.39. The molecule has 1 atom stereocenters. The van der Waals surface area contributed by atoms with Crippen LogP contribution in [0.15, 0.2) is 11.0 Å². The van der Waals surface area contributed by atoms with Crippen molar-refractivity contribution in [3.05, 3.63) is 25.9 Å². The van der Waals surface area contributed by atoms with E-state index in [0.29, 0.717) is 9.61 Å². The van der Waals surface area contributed by atoms with Gasteiger partial charge in [0.1, 0.15) is 5.82 Å². The largest absolute Gasteiger partial charge is 0.312 e. The summed E-state index contributed by atoms with van der Waals surface area (Å²) in [6, 6.07) is 0.432. The minimum Gasteiger partial charge on any atom is -0.312 e. The fourth-order valence-corrected chi connectivity index (χ4v) is 2.33. The first-order valence-corrected chi connectivity index (χ1v) is 6.21. The molecule has 2 rings (SSSR count). The number of aromatic nitrogens is 2.